The molecule has 0 bridgehead atoms. The molecule has 0 radical (unpaired) electrons. The minimum Gasteiger partial charge on any atom is -0.329 e. The van der Waals surface area contributed by atoms with E-state index in [9.17, 15) is 0 Å². The molecule has 2 rings (SSSR count). The number of nitrogens with two attached hydrogens (primary N) is 1. The summed E-state index contributed by atoms with van der Waals surface area (Å²) in [4.78, 5) is 4.90. The van der Waals surface area contributed by atoms with Crippen LogP contribution in [0, 0.1) is 0 Å². The van der Waals surface area contributed by atoms with Crippen molar-refractivity contribution >= 4 is 34.3 Å². The second kappa shape index (κ2) is 6.17. The first-order chi connectivity index (χ1) is 8.63. The van der Waals surface area contributed by atoms with Crippen molar-refractivity contribution in [3.05, 3.63) is 43.7 Å². The fraction of sp³-hybridized carbons (Fsp3) is 0.385. The zero-order chi connectivity index (χ0) is 13.1. The lowest BCUT2D eigenvalue weighted by Gasteiger charge is -2.31. The molecule has 2 N–H and O–H groups in total. The van der Waals surface area contributed by atoms with Crippen molar-refractivity contribution < 1.29 is 0 Å². The molecule has 5 heteroatoms. The number of hydrogen-bond donors (Lipinski definition) is 1. The van der Waals surface area contributed by atoms with E-state index in [0.717, 1.165) is 4.34 Å². The Morgan fingerprint density at radius 2 is 2.11 bits per heavy atom. The molecule has 98 valence electrons. The molecule has 0 aliphatic carbocycles. The summed E-state index contributed by atoms with van der Waals surface area (Å²) >= 11 is 9.40. The van der Waals surface area contributed by atoms with Gasteiger partial charge in [0.15, 0.2) is 0 Å². The molecule has 2 atom stereocenters. The Labute approximate surface area is 121 Å². The normalized spacial score (nSPS) is 14.9. The van der Waals surface area contributed by atoms with Crippen molar-refractivity contribution in [1.82, 2.24) is 4.90 Å². The third-order valence-electron chi connectivity index (χ3n) is 3.20. The highest BCUT2D eigenvalue weighted by Gasteiger charge is 2.23. The van der Waals surface area contributed by atoms with Crippen molar-refractivity contribution in [2.45, 2.75) is 19.0 Å². The SMILES string of the molecule is CC(c1cccs1)N(C)C(CN)c1ccc(Cl)s1. The van der Waals surface area contributed by atoms with Crippen LogP contribution in [0.5, 0.6) is 0 Å². The number of nitrogens with zero attached hydrogens (tertiary/aromatic N) is 1. The Morgan fingerprint density at radius 3 is 2.61 bits per heavy atom. The molecule has 2 aromatic rings. The van der Waals surface area contributed by atoms with Gasteiger partial charge in [-0.3, -0.25) is 4.90 Å². The van der Waals surface area contributed by atoms with Crippen molar-refractivity contribution in [3.63, 3.8) is 0 Å². The maximum atomic E-state index is 6.01. The predicted molar refractivity (Wildman–Crippen MR) is 81.6 cm³/mol. The highest BCUT2D eigenvalue weighted by molar-refractivity contribution is 7.16. The van der Waals surface area contributed by atoms with Gasteiger partial charge in [0.2, 0.25) is 0 Å². The average molecular weight is 301 g/mol. The maximum Gasteiger partial charge on any atom is 0.0931 e. The quantitative estimate of drug-likeness (QED) is 0.898. The lowest BCUT2D eigenvalue weighted by Crippen LogP contribution is -2.31. The van der Waals surface area contributed by atoms with Crippen LogP contribution in [0.3, 0.4) is 0 Å². The minimum atomic E-state index is 0.222. The summed E-state index contributed by atoms with van der Waals surface area (Å²) in [6.07, 6.45) is 0. The highest BCUT2D eigenvalue weighted by Crippen LogP contribution is 2.34. The largest absolute Gasteiger partial charge is 0.329 e. The van der Waals surface area contributed by atoms with Gasteiger partial charge in [-0.2, -0.15) is 0 Å². The van der Waals surface area contributed by atoms with Crippen LogP contribution in [-0.4, -0.2) is 18.5 Å². The number of hydrogen-bond acceptors (Lipinski definition) is 4. The Kier molecular flexibility index (Phi) is 4.81. The molecule has 18 heavy (non-hydrogen) atoms. The van der Waals surface area contributed by atoms with E-state index in [-0.39, 0.29) is 6.04 Å². The Morgan fingerprint density at radius 1 is 1.33 bits per heavy atom. The lowest BCUT2D eigenvalue weighted by molar-refractivity contribution is 0.195. The average Bonchev–Trinajstić information content (AvgIpc) is 3.00. The topological polar surface area (TPSA) is 29.3 Å². The molecule has 0 aromatic carbocycles. The van der Waals surface area contributed by atoms with Gasteiger partial charge in [0, 0.05) is 22.3 Å². The van der Waals surface area contributed by atoms with Gasteiger partial charge in [-0.1, -0.05) is 17.7 Å². The number of rotatable bonds is 5. The lowest BCUT2D eigenvalue weighted by atomic mass is 10.1. The molecule has 0 fully saturated rings. The predicted octanol–water partition coefficient (Wildman–Crippen LogP) is 4.16. The van der Waals surface area contributed by atoms with Crippen LogP contribution >= 0.6 is 34.3 Å². The second-order valence-electron chi connectivity index (χ2n) is 4.25. The summed E-state index contributed by atoms with van der Waals surface area (Å²) in [6.45, 7) is 2.81. The van der Waals surface area contributed by atoms with Crippen molar-refractivity contribution in [1.29, 1.82) is 0 Å². The van der Waals surface area contributed by atoms with Crippen LogP contribution in [0.2, 0.25) is 4.34 Å². The third-order valence-corrected chi connectivity index (χ3v) is 5.58. The Bertz CT molecular complexity index is 481. The highest BCUT2D eigenvalue weighted by atomic mass is 35.5. The van der Waals surface area contributed by atoms with Crippen LogP contribution in [0.25, 0.3) is 0 Å². The molecule has 0 saturated heterocycles. The van der Waals surface area contributed by atoms with Crippen molar-refractivity contribution in [3.8, 4) is 0 Å². The van der Waals surface area contributed by atoms with Gasteiger partial charge in [0.05, 0.1) is 10.4 Å². The smallest absolute Gasteiger partial charge is 0.0931 e. The second-order valence-corrected chi connectivity index (χ2v) is 6.98. The van der Waals surface area contributed by atoms with E-state index in [1.807, 2.05) is 6.07 Å². The summed E-state index contributed by atoms with van der Waals surface area (Å²) in [7, 11) is 2.12. The zero-order valence-electron chi connectivity index (χ0n) is 10.5. The van der Waals surface area contributed by atoms with Gasteiger partial charge < -0.3 is 5.73 Å². The summed E-state index contributed by atoms with van der Waals surface area (Å²) in [5.41, 5.74) is 5.93. The molecule has 0 aliphatic rings. The van der Waals surface area contributed by atoms with E-state index < -0.39 is 0 Å². The van der Waals surface area contributed by atoms with Crippen LogP contribution in [-0.2, 0) is 0 Å². The fourth-order valence-electron chi connectivity index (χ4n) is 1.99. The van der Waals surface area contributed by atoms with Crippen LogP contribution in [0.4, 0.5) is 0 Å². The molecule has 2 aromatic heterocycles. The van der Waals surface area contributed by atoms with E-state index in [4.69, 9.17) is 17.3 Å². The molecular formula is C13H17ClN2S2. The molecule has 0 spiro atoms. The van der Waals surface area contributed by atoms with Crippen molar-refractivity contribution in [2.24, 2.45) is 5.73 Å². The fourth-order valence-corrected chi connectivity index (χ4v) is 4.05. The van der Waals surface area contributed by atoms with Crippen LogP contribution in [0.1, 0.15) is 28.8 Å². The minimum absolute atomic E-state index is 0.222. The summed E-state index contributed by atoms with van der Waals surface area (Å²) in [6, 6.07) is 8.85. The van der Waals surface area contributed by atoms with E-state index in [1.165, 1.54) is 9.75 Å². The third kappa shape index (κ3) is 2.95. The van der Waals surface area contributed by atoms with Gasteiger partial charge in [-0.25, -0.2) is 0 Å². The van der Waals surface area contributed by atoms with Crippen LogP contribution < -0.4 is 5.73 Å². The monoisotopic (exact) mass is 300 g/mol. The molecule has 2 heterocycles. The first-order valence-electron chi connectivity index (χ1n) is 5.84. The van der Waals surface area contributed by atoms with E-state index >= 15 is 0 Å². The summed E-state index contributed by atoms with van der Waals surface area (Å²) in [5, 5.41) is 2.11. The molecule has 2 nitrogen and oxygen atoms in total. The van der Waals surface area contributed by atoms with Gasteiger partial charge in [-0.05, 0) is 37.6 Å². The van der Waals surface area contributed by atoms with E-state index in [0.29, 0.717) is 12.6 Å². The summed E-state index contributed by atoms with van der Waals surface area (Å²) < 4.78 is 0.820. The maximum absolute atomic E-state index is 6.01. The molecule has 0 amide bonds. The number of likely N-dealkylation sites (N-methyl/N-ethyl adjacent to an activating group) is 1. The van der Waals surface area contributed by atoms with Gasteiger partial charge in [0.1, 0.15) is 0 Å². The summed E-state index contributed by atoms with van der Waals surface area (Å²) in [5.74, 6) is 0. The molecule has 0 aliphatic heterocycles. The van der Waals surface area contributed by atoms with E-state index in [1.54, 1.807) is 22.7 Å². The first-order valence-corrected chi connectivity index (χ1v) is 7.91. The molecular weight excluding hydrogens is 284 g/mol. The first kappa shape index (κ1) is 14.0. The zero-order valence-corrected chi connectivity index (χ0v) is 12.9. The Balaban J connectivity index is 2.17. The number of thiophene rings is 2. The van der Waals surface area contributed by atoms with Gasteiger partial charge in [-0.15, -0.1) is 22.7 Å². The number of halogens is 1. The van der Waals surface area contributed by atoms with Gasteiger partial charge in [0.25, 0.3) is 0 Å². The van der Waals surface area contributed by atoms with Crippen LogP contribution in [0.15, 0.2) is 29.6 Å². The van der Waals surface area contributed by atoms with Gasteiger partial charge >= 0.3 is 0 Å². The van der Waals surface area contributed by atoms with Crippen molar-refractivity contribution in [2.75, 3.05) is 13.6 Å². The molecule has 2 unspecified atom stereocenters. The molecule has 0 saturated carbocycles. The van der Waals surface area contributed by atoms with E-state index in [2.05, 4.69) is 42.5 Å². The standard InChI is InChI=1S/C13H17ClN2S2/c1-9(11-4-3-7-17-11)16(2)10(8-15)12-5-6-13(14)18-12/h3-7,9-10H,8,15H2,1-2H3. The Hall–Kier alpha value is -0.390.